The van der Waals surface area contributed by atoms with Gasteiger partial charge >= 0.3 is 11.9 Å². The molecule has 38 heavy (non-hydrogen) atoms. The van der Waals surface area contributed by atoms with E-state index in [9.17, 15) is 14.2 Å². The predicted molar refractivity (Wildman–Crippen MR) is 142 cm³/mol. The Balaban J connectivity index is 2.06. The van der Waals surface area contributed by atoms with Crippen LogP contribution in [0.25, 0.3) is 11.2 Å². The lowest BCUT2D eigenvalue weighted by atomic mass is 10.1. The molecule has 0 amide bonds. The zero-order valence-corrected chi connectivity index (χ0v) is 24.0. The first-order valence-corrected chi connectivity index (χ1v) is 14.6. The van der Waals surface area contributed by atoms with E-state index >= 15 is 0 Å². The number of aromatic nitrogens is 4. The Morgan fingerprint density at radius 2 is 1.89 bits per heavy atom. The molecular weight excluding hydrogens is 515 g/mol. The quantitative estimate of drug-likeness (QED) is 0.166. The molecule has 0 saturated carbocycles. The molecule has 2 heterocycles. The van der Waals surface area contributed by atoms with Crippen molar-refractivity contribution < 1.29 is 32.9 Å². The standard InChI is InChI=1S/C24H41N6O7P/c1-7-8-9-11-34-23(32)24(5,6)29-38(33,36-12-10-19(31)37-17(2)3)16-35-18(4)13-30-15-28-20-21(25)26-14-27-22(20)30/h14-15,17-18H,7-13,16H2,1-6H3,(H,29,33)(H2,25,26,27)/t18-,38?/m1/s1. The van der Waals surface area contributed by atoms with Crippen LogP contribution in [-0.4, -0.2) is 68.8 Å². The van der Waals surface area contributed by atoms with Gasteiger partial charge in [-0.2, -0.15) is 0 Å². The molecule has 214 valence electrons. The SMILES string of the molecule is CCCCCOC(=O)C(C)(C)NP(=O)(CO[C@H](C)Cn1cnc2c(N)ncnc21)OCCC(=O)OC(C)C. The molecule has 0 aliphatic heterocycles. The molecule has 0 aliphatic carbocycles. The normalized spacial score (nSPS) is 14.4. The van der Waals surface area contributed by atoms with E-state index in [0.717, 1.165) is 19.3 Å². The van der Waals surface area contributed by atoms with Crippen molar-refractivity contribution in [2.75, 3.05) is 25.3 Å². The van der Waals surface area contributed by atoms with Crippen molar-refractivity contribution in [3.63, 3.8) is 0 Å². The van der Waals surface area contributed by atoms with Crippen LogP contribution in [0.1, 0.15) is 67.2 Å². The molecule has 2 aromatic heterocycles. The molecular formula is C24H41N6O7P. The summed E-state index contributed by atoms with van der Waals surface area (Å²) in [7, 11) is -3.78. The number of rotatable bonds is 17. The summed E-state index contributed by atoms with van der Waals surface area (Å²) in [6.07, 6.45) is 4.40. The van der Waals surface area contributed by atoms with Gasteiger partial charge in [0.2, 0.25) is 0 Å². The Kier molecular flexibility index (Phi) is 12.1. The van der Waals surface area contributed by atoms with Crippen molar-refractivity contribution in [2.24, 2.45) is 0 Å². The smallest absolute Gasteiger partial charge is 0.326 e. The lowest BCUT2D eigenvalue weighted by Gasteiger charge is -2.30. The van der Waals surface area contributed by atoms with E-state index in [1.165, 1.54) is 6.33 Å². The fraction of sp³-hybridized carbons (Fsp3) is 0.708. The molecule has 0 fully saturated rings. The van der Waals surface area contributed by atoms with E-state index in [1.54, 1.807) is 45.5 Å². The molecule has 0 aromatic carbocycles. The predicted octanol–water partition coefficient (Wildman–Crippen LogP) is 3.42. The molecule has 1 unspecified atom stereocenters. The minimum Gasteiger partial charge on any atom is -0.464 e. The second-order valence-corrected chi connectivity index (χ2v) is 11.9. The zero-order chi connectivity index (χ0) is 28.3. The lowest BCUT2D eigenvalue weighted by molar-refractivity contribution is -0.150. The van der Waals surface area contributed by atoms with Crippen LogP contribution < -0.4 is 10.8 Å². The van der Waals surface area contributed by atoms with Crippen molar-refractivity contribution in [1.29, 1.82) is 0 Å². The summed E-state index contributed by atoms with van der Waals surface area (Å²) in [5, 5.41) is 2.80. The first kappa shape index (κ1) is 31.6. The number of imidazole rings is 1. The third-order valence-electron chi connectivity index (χ3n) is 5.33. The van der Waals surface area contributed by atoms with Crippen molar-refractivity contribution in [3.05, 3.63) is 12.7 Å². The van der Waals surface area contributed by atoms with Gasteiger partial charge in [0, 0.05) is 0 Å². The minimum atomic E-state index is -3.78. The van der Waals surface area contributed by atoms with E-state index < -0.39 is 31.1 Å². The summed E-state index contributed by atoms with van der Waals surface area (Å²) in [6, 6.07) is 0. The van der Waals surface area contributed by atoms with Crippen molar-refractivity contribution in [3.8, 4) is 0 Å². The van der Waals surface area contributed by atoms with Gasteiger partial charge in [0.1, 0.15) is 23.7 Å². The highest BCUT2D eigenvalue weighted by Gasteiger charge is 2.38. The van der Waals surface area contributed by atoms with E-state index in [1.807, 2.05) is 0 Å². The van der Waals surface area contributed by atoms with Gasteiger partial charge in [-0.25, -0.2) is 20.0 Å². The molecule has 3 N–H and O–H groups in total. The number of carbonyl (C=O) groups excluding carboxylic acids is 2. The number of hydrogen-bond acceptors (Lipinski definition) is 11. The largest absolute Gasteiger partial charge is 0.464 e. The molecule has 2 atom stereocenters. The van der Waals surface area contributed by atoms with E-state index in [0.29, 0.717) is 17.7 Å². The van der Waals surface area contributed by atoms with Crippen LogP contribution in [0.3, 0.4) is 0 Å². The number of ether oxygens (including phenoxy) is 3. The van der Waals surface area contributed by atoms with E-state index in [-0.39, 0.29) is 37.9 Å². The Bertz CT molecular complexity index is 1110. The third kappa shape index (κ3) is 9.94. The number of unbranched alkanes of at least 4 members (excludes halogenated alkanes) is 2. The van der Waals surface area contributed by atoms with Gasteiger partial charge in [0.05, 0.1) is 44.7 Å². The first-order valence-electron chi connectivity index (χ1n) is 12.8. The summed E-state index contributed by atoms with van der Waals surface area (Å²) in [4.78, 5) is 37.0. The Morgan fingerprint density at radius 3 is 2.58 bits per heavy atom. The van der Waals surface area contributed by atoms with E-state index in [2.05, 4.69) is 27.0 Å². The maximum Gasteiger partial charge on any atom is 0.326 e. The third-order valence-corrected chi connectivity index (χ3v) is 7.32. The average molecular weight is 557 g/mol. The number of hydrogen-bond donors (Lipinski definition) is 2. The van der Waals surface area contributed by atoms with Gasteiger partial charge < -0.3 is 29.0 Å². The van der Waals surface area contributed by atoms with Crippen molar-refractivity contribution in [1.82, 2.24) is 24.6 Å². The Hall–Kier alpha value is -2.60. The number of esters is 2. The fourth-order valence-electron chi connectivity index (χ4n) is 3.46. The fourth-order valence-corrected chi connectivity index (χ4v) is 5.44. The van der Waals surface area contributed by atoms with Crippen molar-refractivity contribution >= 4 is 36.4 Å². The number of carbonyl (C=O) groups is 2. The summed E-state index contributed by atoms with van der Waals surface area (Å²) >= 11 is 0. The van der Waals surface area contributed by atoms with Crippen LogP contribution in [0.4, 0.5) is 5.82 Å². The van der Waals surface area contributed by atoms with Gasteiger partial charge in [-0.15, -0.1) is 0 Å². The first-order chi connectivity index (χ1) is 17.9. The number of fused-ring (bicyclic) bond motifs is 1. The molecule has 14 heteroatoms. The monoisotopic (exact) mass is 556 g/mol. The maximum absolute atomic E-state index is 13.8. The molecule has 0 bridgehead atoms. The summed E-state index contributed by atoms with van der Waals surface area (Å²) in [5.41, 5.74) is 5.53. The Labute approximate surface area is 223 Å². The van der Waals surface area contributed by atoms with Gasteiger partial charge in [0.25, 0.3) is 7.52 Å². The molecule has 2 rings (SSSR count). The van der Waals surface area contributed by atoms with Crippen LogP contribution in [0.5, 0.6) is 0 Å². The van der Waals surface area contributed by atoms with Crippen LogP contribution in [-0.2, 0) is 39.4 Å². The van der Waals surface area contributed by atoms with Gasteiger partial charge in [0.15, 0.2) is 11.5 Å². The zero-order valence-electron chi connectivity index (χ0n) is 23.1. The molecule has 0 aliphatic rings. The van der Waals surface area contributed by atoms with Gasteiger partial charge in [-0.05, 0) is 41.0 Å². The van der Waals surface area contributed by atoms with E-state index in [4.69, 9.17) is 24.5 Å². The summed E-state index contributed by atoms with van der Waals surface area (Å²) in [6.45, 7) is 10.8. The maximum atomic E-state index is 13.8. The van der Waals surface area contributed by atoms with Gasteiger partial charge in [-0.1, -0.05) is 19.8 Å². The number of nitrogens with two attached hydrogens (primary N) is 1. The molecule has 0 spiro atoms. The number of nitrogens with zero attached hydrogens (tertiary/aromatic N) is 4. The average Bonchev–Trinajstić information content (AvgIpc) is 3.23. The summed E-state index contributed by atoms with van der Waals surface area (Å²) < 4.78 is 37.5. The van der Waals surface area contributed by atoms with Crippen molar-refractivity contribution in [2.45, 2.75) is 91.5 Å². The minimum absolute atomic E-state index is 0.108. The molecule has 0 saturated heterocycles. The number of nitrogens with one attached hydrogen (secondary N) is 1. The van der Waals surface area contributed by atoms with Crippen LogP contribution in [0, 0.1) is 0 Å². The second-order valence-electron chi connectivity index (χ2n) is 9.81. The number of anilines is 1. The highest BCUT2D eigenvalue weighted by Crippen LogP contribution is 2.45. The second kappa shape index (κ2) is 14.5. The van der Waals surface area contributed by atoms with Crippen LogP contribution in [0.2, 0.25) is 0 Å². The molecule has 0 radical (unpaired) electrons. The lowest BCUT2D eigenvalue weighted by Crippen LogP contribution is -2.47. The van der Waals surface area contributed by atoms with Crippen LogP contribution >= 0.6 is 7.52 Å². The van der Waals surface area contributed by atoms with Crippen LogP contribution in [0.15, 0.2) is 12.7 Å². The number of nitrogen functional groups attached to an aromatic ring is 1. The highest BCUT2D eigenvalue weighted by atomic mass is 31.2. The summed E-state index contributed by atoms with van der Waals surface area (Å²) in [5.74, 6) is -0.778. The topological polar surface area (TPSA) is 170 Å². The molecule has 13 nitrogen and oxygen atoms in total. The Morgan fingerprint density at radius 1 is 1.16 bits per heavy atom. The molecule has 2 aromatic rings. The highest BCUT2D eigenvalue weighted by molar-refractivity contribution is 7.56. The van der Waals surface area contributed by atoms with Gasteiger partial charge in [-0.3, -0.25) is 14.2 Å².